The number of aromatic nitrogens is 2. The van der Waals surface area contributed by atoms with Gasteiger partial charge in [0.25, 0.3) is 0 Å². The SMILES string of the molecule is CCS(=O)(=O)N1CCC[C@@H](C(=O)Nc2ccc(-n3ccnc3C)cc2)C1. The smallest absolute Gasteiger partial charge is 0.228 e. The first-order chi connectivity index (χ1) is 12.4. The number of carbonyl (C=O) groups is 1. The second-order valence-corrected chi connectivity index (χ2v) is 8.74. The summed E-state index contributed by atoms with van der Waals surface area (Å²) in [7, 11) is -3.25. The van der Waals surface area contributed by atoms with Crippen molar-refractivity contribution in [2.45, 2.75) is 26.7 Å². The van der Waals surface area contributed by atoms with Gasteiger partial charge in [0, 0.05) is 36.9 Å². The first kappa shape index (κ1) is 18.6. The monoisotopic (exact) mass is 376 g/mol. The number of aryl methyl sites for hydroxylation is 1. The van der Waals surface area contributed by atoms with E-state index in [4.69, 9.17) is 0 Å². The van der Waals surface area contributed by atoms with Crippen molar-refractivity contribution < 1.29 is 13.2 Å². The van der Waals surface area contributed by atoms with Gasteiger partial charge in [-0.3, -0.25) is 4.79 Å². The summed E-state index contributed by atoms with van der Waals surface area (Å²) >= 11 is 0. The van der Waals surface area contributed by atoms with Crippen molar-refractivity contribution in [1.29, 1.82) is 0 Å². The largest absolute Gasteiger partial charge is 0.326 e. The van der Waals surface area contributed by atoms with Gasteiger partial charge in [0.15, 0.2) is 0 Å². The molecule has 0 bridgehead atoms. The van der Waals surface area contributed by atoms with E-state index < -0.39 is 10.0 Å². The van der Waals surface area contributed by atoms with E-state index in [9.17, 15) is 13.2 Å². The minimum absolute atomic E-state index is 0.0659. The molecular formula is C18H24N4O3S. The van der Waals surface area contributed by atoms with Gasteiger partial charge >= 0.3 is 0 Å². The van der Waals surface area contributed by atoms with E-state index in [0.29, 0.717) is 25.1 Å². The minimum atomic E-state index is -3.25. The van der Waals surface area contributed by atoms with Gasteiger partial charge in [0.05, 0.1) is 11.7 Å². The second kappa shape index (κ2) is 7.59. The van der Waals surface area contributed by atoms with Gasteiger partial charge < -0.3 is 9.88 Å². The molecule has 2 aromatic rings. The summed E-state index contributed by atoms with van der Waals surface area (Å²) in [6, 6.07) is 7.52. The predicted octanol–water partition coefficient (Wildman–Crippen LogP) is 2.18. The average molecular weight is 376 g/mol. The Morgan fingerprint density at radius 2 is 2.04 bits per heavy atom. The fraction of sp³-hybridized carbons (Fsp3) is 0.444. The van der Waals surface area contributed by atoms with Crippen LogP contribution in [0.2, 0.25) is 0 Å². The van der Waals surface area contributed by atoms with Gasteiger partial charge in [0.2, 0.25) is 15.9 Å². The normalized spacial score (nSPS) is 18.6. The van der Waals surface area contributed by atoms with E-state index in [1.807, 2.05) is 42.0 Å². The van der Waals surface area contributed by atoms with E-state index in [1.165, 1.54) is 4.31 Å². The van der Waals surface area contributed by atoms with Crippen LogP contribution >= 0.6 is 0 Å². The molecule has 1 aromatic heterocycles. The van der Waals surface area contributed by atoms with Crippen LogP contribution in [0.3, 0.4) is 0 Å². The lowest BCUT2D eigenvalue weighted by Gasteiger charge is -2.30. The lowest BCUT2D eigenvalue weighted by Crippen LogP contribution is -2.44. The fourth-order valence-electron chi connectivity index (χ4n) is 3.19. The van der Waals surface area contributed by atoms with Gasteiger partial charge in [-0.25, -0.2) is 17.7 Å². The Kier molecular flexibility index (Phi) is 5.43. The van der Waals surface area contributed by atoms with Crippen molar-refractivity contribution >= 4 is 21.6 Å². The van der Waals surface area contributed by atoms with Crippen LogP contribution in [0.5, 0.6) is 0 Å². The average Bonchev–Trinajstić information content (AvgIpc) is 3.08. The van der Waals surface area contributed by atoms with Crippen LogP contribution in [-0.4, -0.2) is 47.0 Å². The molecule has 1 aromatic carbocycles. The number of sulfonamides is 1. The maximum Gasteiger partial charge on any atom is 0.228 e. The summed E-state index contributed by atoms with van der Waals surface area (Å²) < 4.78 is 27.5. The molecule has 0 aliphatic carbocycles. The second-order valence-electron chi connectivity index (χ2n) is 6.48. The van der Waals surface area contributed by atoms with E-state index in [0.717, 1.165) is 11.5 Å². The fourth-order valence-corrected chi connectivity index (χ4v) is 4.37. The van der Waals surface area contributed by atoms with Crippen molar-refractivity contribution in [2.75, 3.05) is 24.2 Å². The molecule has 3 rings (SSSR count). The van der Waals surface area contributed by atoms with Crippen LogP contribution in [0.1, 0.15) is 25.6 Å². The molecule has 0 radical (unpaired) electrons. The molecule has 0 unspecified atom stereocenters. The molecule has 1 N–H and O–H groups in total. The molecule has 1 atom stereocenters. The summed E-state index contributed by atoms with van der Waals surface area (Å²) in [6.45, 7) is 4.31. The van der Waals surface area contributed by atoms with Crippen LogP contribution in [0.25, 0.3) is 5.69 Å². The Balaban J connectivity index is 1.65. The number of amides is 1. The van der Waals surface area contributed by atoms with Crippen molar-refractivity contribution in [3.05, 3.63) is 42.5 Å². The third-order valence-corrected chi connectivity index (χ3v) is 6.60. The molecule has 1 aliphatic heterocycles. The highest BCUT2D eigenvalue weighted by Crippen LogP contribution is 2.22. The van der Waals surface area contributed by atoms with E-state index in [2.05, 4.69) is 10.3 Å². The Bertz CT molecular complexity index is 874. The molecule has 2 heterocycles. The van der Waals surface area contributed by atoms with Crippen molar-refractivity contribution in [1.82, 2.24) is 13.9 Å². The zero-order chi connectivity index (χ0) is 18.7. The van der Waals surface area contributed by atoms with Gasteiger partial charge in [0.1, 0.15) is 5.82 Å². The Morgan fingerprint density at radius 3 is 2.65 bits per heavy atom. The molecule has 7 nitrogen and oxygen atoms in total. The van der Waals surface area contributed by atoms with Gasteiger partial charge in [-0.05, 0) is 51.0 Å². The Morgan fingerprint density at radius 1 is 1.31 bits per heavy atom. The van der Waals surface area contributed by atoms with Crippen LogP contribution < -0.4 is 5.32 Å². The number of imidazole rings is 1. The molecule has 0 saturated carbocycles. The molecular weight excluding hydrogens is 352 g/mol. The Labute approximate surface area is 154 Å². The van der Waals surface area contributed by atoms with Crippen LogP contribution in [-0.2, 0) is 14.8 Å². The number of rotatable bonds is 5. The highest BCUT2D eigenvalue weighted by atomic mass is 32.2. The summed E-state index contributed by atoms with van der Waals surface area (Å²) in [5, 5.41) is 2.90. The molecule has 26 heavy (non-hydrogen) atoms. The van der Waals surface area contributed by atoms with E-state index in [-0.39, 0.29) is 24.1 Å². The number of benzene rings is 1. The third kappa shape index (κ3) is 3.96. The molecule has 1 saturated heterocycles. The number of hydrogen-bond donors (Lipinski definition) is 1. The summed E-state index contributed by atoms with van der Waals surface area (Å²) in [5.41, 5.74) is 1.67. The van der Waals surface area contributed by atoms with Crippen LogP contribution in [0, 0.1) is 12.8 Å². The predicted molar refractivity (Wildman–Crippen MR) is 101 cm³/mol. The number of hydrogen-bond acceptors (Lipinski definition) is 4. The van der Waals surface area contributed by atoms with Crippen molar-refractivity contribution in [3.63, 3.8) is 0 Å². The zero-order valence-electron chi connectivity index (χ0n) is 15.1. The molecule has 8 heteroatoms. The lowest BCUT2D eigenvalue weighted by molar-refractivity contribution is -0.120. The van der Waals surface area contributed by atoms with Crippen LogP contribution in [0.4, 0.5) is 5.69 Å². The Hall–Kier alpha value is -2.19. The maximum atomic E-state index is 12.5. The lowest BCUT2D eigenvalue weighted by atomic mass is 9.98. The molecule has 1 fully saturated rings. The standard InChI is InChI=1S/C18H24N4O3S/c1-3-26(24,25)21-11-4-5-15(13-21)18(23)20-16-6-8-17(9-7-16)22-12-10-19-14(22)2/h6-10,12,15H,3-5,11,13H2,1-2H3,(H,20,23)/t15-/m1/s1. The first-order valence-corrected chi connectivity index (χ1v) is 10.4. The molecule has 1 amide bonds. The van der Waals surface area contributed by atoms with Crippen molar-refractivity contribution in [3.8, 4) is 5.69 Å². The van der Waals surface area contributed by atoms with Gasteiger partial charge in [-0.15, -0.1) is 0 Å². The number of carbonyl (C=O) groups excluding carboxylic acids is 1. The highest BCUT2D eigenvalue weighted by Gasteiger charge is 2.31. The van der Waals surface area contributed by atoms with Crippen LogP contribution in [0.15, 0.2) is 36.7 Å². The summed E-state index contributed by atoms with van der Waals surface area (Å²) in [4.78, 5) is 16.7. The maximum absolute atomic E-state index is 12.5. The minimum Gasteiger partial charge on any atom is -0.326 e. The first-order valence-electron chi connectivity index (χ1n) is 8.80. The summed E-state index contributed by atoms with van der Waals surface area (Å²) in [6.07, 6.45) is 5.03. The molecule has 140 valence electrons. The van der Waals surface area contributed by atoms with Crippen molar-refractivity contribution in [2.24, 2.45) is 5.92 Å². The quantitative estimate of drug-likeness (QED) is 0.867. The van der Waals surface area contributed by atoms with E-state index >= 15 is 0 Å². The zero-order valence-corrected chi connectivity index (χ0v) is 15.9. The van der Waals surface area contributed by atoms with Gasteiger partial charge in [-0.2, -0.15) is 0 Å². The number of nitrogens with one attached hydrogen (secondary N) is 1. The number of piperidine rings is 1. The number of nitrogens with zero attached hydrogens (tertiary/aromatic N) is 3. The van der Waals surface area contributed by atoms with E-state index in [1.54, 1.807) is 13.1 Å². The third-order valence-electron chi connectivity index (χ3n) is 4.75. The molecule has 0 spiro atoms. The summed E-state index contributed by atoms with van der Waals surface area (Å²) in [5.74, 6) is 0.505. The highest BCUT2D eigenvalue weighted by molar-refractivity contribution is 7.89. The topological polar surface area (TPSA) is 84.3 Å². The molecule has 1 aliphatic rings. The number of anilines is 1. The van der Waals surface area contributed by atoms with Gasteiger partial charge in [-0.1, -0.05) is 0 Å².